The first kappa shape index (κ1) is 17.1. The molecule has 1 fully saturated rings. The molecule has 0 radical (unpaired) electrons. The summed E-state index contributed by atoms with van der Waals surface area (Å²) >= 11 is 6.08. The van der Waals surface area contributed by atoms with E-state index in [1.807, 2.05) is 6.92 Å². The van der Waals surface area contributed by atoms with Crippen LogP contribution in [0.3, 0.4) is 0 Å². The van der Waals surface area contributed by atoms with E-state index < -0.39 is 18.3 Å². The van der Waals surface area contributed by atoms with Gasteiger partial charge in [0.05, 0.1) is 11.1 Å². The Balaban J connectivity index is 2.05. The Morgan fingerprint density at radius 3 is 2.71 bits per heavy atom. The second kappa shape index (κ2) is 5.97. The van der Waals surface area contributed by atoms with Gasteiger partial charge in [0, 0.05) is 28.7 Å². The second-order valence-corrected chi connectivity index (χ2v) is 6.51. The number of benzene rings is 1. The van der Waals surface area contributed by atoms with Crippen molar-refractivity contribution in [1.82, 2.24) is 4.98 Å². The third kappa shape index (κ3) is 2.98. The van der Waals surface area contributed by atoms with Crippen LogP contribution in [0.1, 0.15) is 19.8 Å². The largest absolute Gasteiger partial charge is 0.416 e. The van der Waals surface area contributed by atoms with Gasteiger partial charge < -0.3 is 15.0 Å². The van der Waals surface area contributed by atoms with Crippen LogP contribution in [0.15, 0.2) is 29.1 Å². The number of pyridine rings is 1. The lowest BCUT2D eigenvalue weighted by molar-refractivity contribution is -0.209. The molecule has 1 aliphatic rings. The van der Waals surface area contributed by atoms with Gasteiger partial charge in [-0.2, -0.15) is 13.2 Å². The van der Waals surface area contributed by atoms with Crippen LogP contribution < -0.4 is 10.5 Å². The van der Waals surface area contributed by atoms with Gasteiger partial charge in [-0.15, -0.1) is 0 Å². The minimum Gasteiger partial charge on any atom is -0.382 e. The zero-order valence-electron chi connectivity index (χ0n) is 12.8. The molecule has 2 aromatic rings. The van der Waals surface area contributed by atoms with Crippen molar-refractivity contribution in [1.29, 1.82) is 0 Å². The number of fused-ring (bicyclic) bond motifs is 1. The molecule has 1 saturated heterocycles. The molecular weight excluding hydrogens is 345 g/mol. The second-order valence-electron chi connectivity index (χ2n) is 6.10. The summed E-state index contributed by atoms with van der Waals surface area (Å²) in [6, 6.07) is 4.92. The predicted octanol–water partition coefficient (Wildman–Crippen LogP) is 3.46. The molecule has 0 spiro atoms. The topological polar surface area (TPSA) is 56.3 Å². The molecule has 24 heavy (non-hydrogen) atoms. The summed E-state index contributed by atoms with van der Waals surface area (Å²) in [5.41, 5.74) is 0.700. The van der Waals surface area contributed by atoms with Crippen molar-refractivity contribution in [2.45, 2.75) is 44.1 Å². The Morgan fingerprint density at radius 1 is 1.33 bits per heavy atom. The summed E-state index contributed by atoms with van der Waals surface area (Å²) < 4.78 is 38.8. The molecule has 1 aromatic carbocycles. The first-order valence-electron chi connectivity index (χ1n) is 7.54. The first-order chi connectivity index (χ1) is 11.2. The highest BCUT2D eigenvalue weighted by atomic mass is 35.5. The summed E-state index contributed by atoms with van der Waals surface area (Å²) in [4.78, 5) is 15.7. The van der Waals surface area contributed by atoms with Crippen molar-refractivity contribution < 1.29 is 18.3 Å². The van der Waals surface area contributed by atoms with Crippen LogP contribution in [0.4, 0.5) is 18.9 Å². The Bertz CT molecular complexity index is 821. The summed E-state index contributed by atoms with van der Waals surface area (Å²) in [7, 11) is 0. The minimum atomic E-state index is -4.67. The normalized spacial score (nSPS) is 23.0. The lowest BCUT2D eigenvalue weighted by Gasteiger charge is -2.34. The number of nitrogens with one attached hydrogen (secondary N) is 1. The molecule has 0 amide bonds. The van der Waals surface area contributed by atoms with Gasteiger partial charge in [-0.1, -0.05) is 11.6 Å². The highest BCUT2D eigenvalue weighted by Crippen LogP contribution is 2.38. The number of alkyl halides is 3. The predicted molar refractivity (Wildman–Crippen MR) is 86.6 cm³/mol. The van der Waals surface area contributed by atoms with Crippen LogP contribution in [0.5, 0.6) is 0 Å². The van der Waals surface area contributed by atoms with Gasteiger partial charge >= 0.3 is 6.18 Å². The van der Waals surface area contributed by atoms with E-state index in [2.05, 4.69) is 4.98 Å². The van der Waals surface area contributed by atoms with Crippen molar-refractivity contribution in [3.8, 4) is 0 Å². The standard InChI is InChI=1S/C16H16ClF3N2O2/c1-8-2-5-13(15(24)16(18,19)20)22(8)9-3-4-12-10(6-9)11(17)7-14(23)21-12/h3-4,6-8,13,15,24H,2,5H2,1H3,(H,21,23)/t8-,13-,15-/m1/s1. The third-order valence-corrected chi connectivity index (χ3v) is 4.80. The Labute approximate surface area is 140 Å². The Morgan fingerprint density at radius 2 is 2.04 bits per heavy atom. The van der Waals surface area contributed by atoms with E-state index in [9.17, 15) is 23.1 Å². The lowest BCUT2D eigenvalue weighted by Crippen LogP contribution is -2.48. The maximum Gasteiger partial charge on any atom is 0.416 e. The zero-order valence-corrected chi connectivity index (χ0v) is 13.5. The van der Waals surface area contributed by atoms with Crippen molar-refractivity contribution in [3.05, 3.63) is 39.6 Å². The van der Waals surface area contributed by atoms with Gasteiger partial charge in [-0.3, -0.25) is 4.79 Å². The molecule has 1 aromatic heterocycles. The zero-order chi connectivity index (χ0) is 17.6. The van der Waals surface area contributed by atoms with Crippen LogP contribution >= 0.6 is 11.6 Å². The number of aromatic nitrogens is 1. The monoisotopic (exact) mass is 360 g/mol. The molecule has 0 bridgehead atoms. The van der Waals surface area contributed by atoms with Gasteiger partial charge in [0.1, 0.15) is 0 Å². The average Bonchev–Trinajstić information content (AvgIpc) is 2.86. The average molecular weight is 361 g/mol. The van der Waals surface area contributed by atoms with E-state index in [0.717, 1.165) is 0 Å². The molecule has 2 N–H and O–H groups in total. The Kier molecular flexibility index (Phi) is 4.25. The van der Waals surface area contributed by atoms with Gasteiger partial charge in [0.15, 0.2) is 6.10 Å². The maximum atomic E-state index is 12.9. The van der Waals surface area contributed by atoms with E-state index in [-0.39, 0.29) is 23.0 Å². The smallest absolute Gasteiger partial charge is 0.382 e. The van der Waals surface area contributed by atoms with E-state index in [1.54, 1.807) is 23.1 Å². The van der Waals surface area contributed by atoms with Crippen LogP contribution in [-0.2, 0) is 0 Å². The fraction of sp³-hybridized carbons (Fsp3) is 0.438. The number of H-pyrrole nitrogens is 1. The number of anilines is 1. The summed E-state index contributed by atoms with van der Waals surface area (Å²) in [5.74, 6) is 0. The number of aromatic amines is 1. The van der Waals surface area contributed by atoms with Crippen LogP contribution in [0.25, 0.3) is 10.9 Å². The van der Waals surface area contributed by atoms with Gasteiger partial charge in [0.25, 0.3) is 0 Å². The number of hydrogen-bond donors (Lipinski definition) is 2. The highest BCUT2D eigenvalue weighted by molar-refractivity contribution is 6.35. The molecule has 0 unspecified atom stereocenters. The fourth-order valence-electron chi connectivity index (χ4n) is 3.35. The van der Waals surface area contributed by atoms with Crippen LogP contribution in [0.2, 0.25) is 5.02 Å². The highest BCUT2D eigenvalue weighted by Gasteiger charge is 2.48. The summed E-state index contributed by atoms with van der Waals surface area (Å²) in [6.45, 7) is 1.82. The van der Waals surface area contributed by atoms with Gasteiger partial charge in [0.2, 0.25) is 5.56 Å². The number of nitrogens with zero attached hydrogens (tertiary/aromatic N) is 1. The molecule has 0 saturated carbocycles. The van der Waals surface area contributed by atoms with E-state index in [0.29, 0.717) is 23.0 Å². The van der Waals surface area contributed by atoms with Crippen molar-refractivity contribution in [2.75, 3.05) is 4.90 Å². The number of hydrogen-bond acceptors (Lipinski definition) is 3. The van der Waals surface area contributed by atoms with Gasteiger partial charge in [-0.25, -0.2) is 0 Å². The number of rotatable bonds is 2. The number of halogens is 4. The van der Waals surface area contributed by atoms with E-state index in [1.165, 1.54) is 6.07 Å². The van der Waals surface area contributed by atoms with Crippen molar-refractivity contribution in [2.24, 2.45) is 0 Å². The van der Waals surface area contributed by atoms with E-state index >= 15 is 0 Å². The molecular formula is C16H16ClF3N2O2. The van der Waals surface area contributed by atoms with E-state index in [4.69, 9.17) is 11.6 Å². The molecule has 1 aliphatic heterocycles. The number of aliphatic hydroxyl groups excluding tert-OH is 1. The summed E-state index contributed by atoms with van der Waals surface area (Å²) in [5, 5.41) is 10.5. The minimum absolute atomic E-state index is 0.147. The quantitative estimate of drug-likeness (QED) is 0.862. The molecule has 3 rings (SSSR count). The lowest BCUT2D eigenvalue weighted by atomic mass is 10.1. The third-order valence-electron chi connectivity index (χ3n) is 4.49. The van der Waals surface area contributed by atoms with Crippen LogP contribution in [-0.4, -0.2) is 34.5 Å². The SMILES string of the molecule is C[C@@H]1CC[C@H]([C@@H](O)C(F)(F)F)N1c1ccc2[nH]c(=O)cc(Cl)c2c1. The fourth-order valence-corrected chi connectivity index (χ4v) is 3.61. The molecule has 130 valence electrons. The first-order valence-corrected chi connectivity index (χ1v) is 7.92. The maximum absolute atomic E-state index is 12.9. The number of aliphatic hydroxyl groups is 1. The molecule has 4 nitrogen and oxygen atoms in total. The molecule has 0 aliphatic carbocycles. The summed E-state index contributed by atoms with van der Waals surface area (Å²) in [6.07, 6.45) is -6.29. The van der Waals surface area contributed by atoms with Crippen molar-refractivity contribution >= 4 is 28.2 Å². The van der Waals surface area contributed by atoms with Gasteiger partial charge in [-0.05, 0) is 38.0 Å². The molecule has 8 heteroatoms. The Hall–Kier alpha value is -1.73. The molecule has 3 atom stereocenters. The van der Waals surface area contributed by atoms with Crippen LogP contribution in [0, 0.1) is 0 Å². The van der Waals surface area contributed by atoms with Crippen molar-refractivity contribution in [3.63, 3.8) is 0 Å². The molecule has 2 heterocycles.